The van der Waals surface area contributed by atoms with Crippen LogP contribution >= 0.6 is 0 Å². The zero-order valence-electron chi connectivity index (χ0n) is 23.3. The van der Waals surface area contributed by atoms with E-state index in [0.29, 0.717) is 44.5 Å². The number of allylic oxidation sites excluding steroid dienone is 2. The molecule has 3 aliphatic rings. The molecule has 0 atom stereocenters. The summed E-state index contributed by atoms with van der Waals surface area (Å²) in [6.45, 7) is 0. The van der Waals surface area contributed by atoms with Gasteiger partial charge in [0.2, 0.25) is 0 Å². The van der Waals surface area contributed by atoms with Gasteiger partial charge in [0.15, 0.2) is 0 Å². The Bertz CT molecular complexity index is 1930. The molecule has 7 rings (SSSR count). The molecular formula is C39H20F6. The van der Waals surface area contributed by atoms with Crippen molar-refractivity contribution in [2.75, 3.05) is 0 Å². The molecule has 0 saturated heterocycles. The zero-order valence-corrected chi connectivity index (χ0v) is 23.3. The Morgan fingerprint density at radius 2 is 0.622 bits per heavy atom. The minimum atomic E-state index is -5.75. The lowest BCUT2D eigenvalue weighted by atomic mass is 9.94. The van der Waals surface area contributed by atoms with Crippen molar-refractivity contribution in [3.63, 3.8) is 0 Å². The summed E-state index contributed by atoms with van der Waals surface area (Å²) in [6.07, 6.45) is 7.28. The van der Waals surface area contributed by atoms with Crippen molar-refractivity contribution in [1.29, 1.82) is 0 Å². The van der Waals surface area contributed by atoms with E-state index in [9.17, 15) is 8.78 Å². The summed E-state index contributed by atoms with van der Waals surface area (Å²) in [4.78, 5) is 0. The van der Waals surface area contributed by atoms with Crippen LogP contribution < -0.4 is 0 Å². The summed E-state index contributed by atoms with van der Waals surface area (Å²) >= 11 is 0. The molecule has 0 radical (unpaired) electrons. The van der Waals surface area contributed by atoms with Crippen molar-refractivity contribution in [3.05, 3.63) is 176 Å². The van der Waals surface area contributed by atoms with Gasteiger partial charge in [0, 0.05) is 11.1 Å². The highest BCUT2D eigenvalue weighted by Gasteiger charge is 2.82. The summed E-state index contributed by atoms with van der Waals surface area (Å²) in [7, 11) is 0. The largest absolute Gasteiger partial charge is 0.382 e. The van der Waals surface area contributed by atoms with Gasteiger partial charge in [-0.1, -0.05) is 144 Å². The van der Waals surface area contributed by atoms with Gasteiger partial charge in [0.25, 0.3) is 0 Å². The highest BCUT2D eigenvalue weighted by molar-refractivity contribution is 5.94. The molecule has 0 aliphatic heterocycles. The third-order valence-corrected chi connectivity index (χ3v) is 8.10. The van der Waals surface area contributed by atoms with Crippen LogP contribution in [0.25, 0.3) is 35.5 Å². The molecule has 0 bridgehead atoms. The van der Waals surface area contributed by atoms with Crippen LogP contribution in [0.2, 0.25) is 0 Å². The van der Waals surface area contributed by atoms with E-state index in [-0.39, 0.29) is 11.1 Å². The van der Waals surface area contributed by atoms with Gasteiger partial charge in [0.05, 0.1) is 11.1 Å². The molecule has 0 aromatic heterocycles. The van der Waals surface area contributed by atoms with E-state index in [2.05, 4.69) is 22.9 Å². The standard InChI is InChI=1S/C39H20F6/c40-37(41)35(23-21-33-29-13-5-1-9-25(29)17-18-26-10-2-6-14-30(26)33)36(38(42,43)39(37,44)45)24-22-34-31-15-7-3-11-27(31)19-20-28-12-4-8-16-32(28)34/h1-20H. The molecule has 3 aliphatic carbocycles. The van der Waals surface area contributed by atoms with E-state index >= 15 is 17.6 Å². The smallest absolute Gasteiger partial charge is 0.193 e. The van der Waals surface area contributed by atoms with E-state index in [4.69, 9.17) is 0 Å². The maximum atomic E-state index is 15.4. The van der Waals surface area contributed by atoms with Crippen LogP contribution in [-0.2, 0) is 0 Å². The lowest BCUT2D eigenvalue weighted by Gasteiger charge is -2.21. The second-order valence-corrected chi connectivity index (χ2v) is 10.7. The van der Waals surface area contributed by atoms with Crippen LogP contribution in [0.1, 0.15) is 44.5 Å². The third kappa shape index (κ3) is 4.37. The maximum absolute atomic E-state index is 15.4. The molecule has 4 aromatic rings. The Kier molecular flexibility index (Phi) is 6.50. The maximum Gasteiger partial charge on any atom is 0.382 e. The molecule has 45 heavy (non-hydrogen) atoms. The fraction of sp³-hybridized carbons (Fsp3) is 0.0769. The summed E-state index contributed by atoms with van der Waals surface area (Å²) in [5.74, 6) is -16.3. The predicted molar refractivity (Wildman–Crippen MR) is 165 cm³/mol. The van der Waals surface area contributed by atoms with Crippen molar-refractivity contribution in [2.24, 2.45) is 0 Å². The second-order valence-electron chi connectivity index (χ2n) is 10.7. The van der Waals surface area contributed by atoms with E-state index in [1.54, 1.807) is 97.1 Å². The lowest BCUT2D eigenvalue weighted by Crippen LogP contribution is -2.46. The van der Waals surface area contributed by atoms with Gasteiger partial charge in [-0.3, -0.25) is 0 Å². The van der Waals surface area contributed by atoms with Crippen LogP contribution in [0, 0.1) is 0 Å². The summed E-state index contributed by atoms with van der Waals surface area (Å²) < 4.78 is 91.3. The fourth-order valence-electron chi connectivity index (χ4n) is 5.76. The second kappa shape index (κ2) is 10.3. The molecule has 1 fully saturated rings. The molecule has 0 heterocycles. The lowest BCUT2D eigenvalue weighted by molar-refractivity contribution is -0.257. The van der Waals surface area contributed by atoms with E-state index in [0.717, 1.165) is 0 Å². The first-order valence-electron chi connectivity index (χ1n) is 14.0. The number of benzene rings is 4. The third-order valence-electron chi connectivity index (χ3n) is 8.10. The minimum Gasteiger partial charge on any atom is -0.193 e. The Morgan fingerprint density at radius 1 is 0.356 bits per heavy atom. The van der Waals surface area contributed by atoms with Gasteiger partial charge in [-0.25, -0.2) is 0 Å². The summed E-state index contributed by atoms with van der Waals surface area (Å²) in [5.41, 5.74) is 11.5. The van der Waals surface area contributed by atoms with Gasteiger partial charge >= 0.3 is 17.8 Å². The quantitative estimate of drug-likeness (QED) is 0.120. The van der Waals surface area contributed by atoms with Gasteiger partial charge < -0.3 is 0 Å². The first kappa shape index (κ1) is 28.3. The number of hydrogen-bond donors (Lipinski definition) is 0. The Morgan fingerprint density at radius 3 is 0.911 bits per heavy atom. The SMILES string of the molecule is FC1(F)C(=C=C=C2c3ccccc3C=Cc3ccccc32)C(=C=C=C2c3ccccc3C=Cc3ccccc32)C(F)(F)C1(F)F. The molecule has 0 spiro atoms. The van der Waals surface area contributed by atoms with Crippen LogP contribution in [0.5, 0.6) is 0 Å². The van der Waals surface area contributed by atoms with E-state index < -0.39 is 28.9 Å². The normalized spacial score (nSPS) is 17.8. The van der Waals surface area contributed by atoms with Crippen molar-refractivity contribution in [1.82, 2.24) is 0 Å². The van der Waals surface area contributed by atoms with Gasteiger partial charge in [-0.15, -0.1) is 0 Å². The molecule has 4 aromatic carbocycles. The Hall–Kier alpha value is -5.46. The van der Waals surface area contributed by atoms with Gasteiger partial charge in [-0.05, 0) is 44.5 Å². The molecule has 0 N–H and O–H groups in total. The highest BCUT2D eigenvalue weighted by Crippen LogP contribution is 2.61. The van der Waals surface area contributed by atoms with E-state index in [1.807, 2.05) is 24.3 Å². The molecule has 1 saturated carbocycles. The van der Waals surface area contributed by atoms with Gasteiger partial charge in [-0.2, -0.15) is 26.3 Å². The monoisotopic (exact) mass is 602 g/mol. The van der Waals surface area contributed by atoms with Crippen LogP contribution in [-0.4, -0.2) is 17.8 Å². The first-order chi connectivity index (χ1) is 21.6. The molecule has 6 heteroatoms. The average Bonchev–Trinajstić information content (AvgIpc) is 3.24. The summed E-state index contributed by atoms with van der Waals surface area (Å²) in [6, 6.07) is 28.0. The predicted octanol–water partition coefficient (Wildman–Crippen LogP) is 10.5. The van der Waals surface area contributed by atoms with Crippen LogP contribution in [0.4, 0.5) is 26.3 Å². The molecule has 0 nitrogen and oxygen atoms in total. The molecular weight excluding hydrogens is 582 g/mol. The van der Waals surface area contributed by atoms with Crippen molar-refractivity contribution < 1.29 is 26.3 Å². The topological polar surface area (TPSA) is 0 Å². The van der Waals surface area contributed by atoms with E-state index in [1.165, 1.54) is 0 Å². The van der Waals surface area contributed by atoms with Crippen molar-refractivity contribution in [2.45, 2.75) is 17.8 Å². The molecule has 218 valence electrons. The number of fused-ring (bicyclic) bond motifs is 4. The average molecular weight is 603 g/mol. The number of hydrogen-bond acceptors (Lipinski definition) is 0. The van der Waals surface area contributed by atoms with Crippen molar-refractivity contribution in [3.8, 4) is 0 Å². The molecule has 0 unspecified atom stereocenters. The number of alkyl halides is 6. The minimum absolute atomic E-state index is 0.243. The fourth-order valence-corrected chi connectivity index (χ4v) is 5.76. The molecule has 0 amide bonds. The van der Waals surface area contributed by atoms with Crippen LogP contribution in [0.3, 0.4) is 0 Å². The Balaban J connectivity index is 1.60. The first-order valence-corrected chi connectivity index (χ1v) is 14.0. The number of rotatable bonds is 0. The van der Waals surface area contributed by atoms with Crippen LogP contribution in [0.15, 0.2) is 131 Å². The highest BCUT2D eigenvalue weighted by atomic mass is 19.3. The number of halogens is 6. The Labute approximate surface area is 255 Å². The zero-order chi connectivity index (χ0) is 31.4. The van der Waals surface area contributed by atoms with Gasteiger partial charge in [0.1, 0.15) is 0 Å². The summed E-state index contributed by atoms with van der Waals surface area (Å²) in [5, 5.41) is 0. The van der Waals surface area contributed by atoms with Crippen molar-refractivity contribution >= 4 is 35.5 Å².